The number of nitrogens with zero attached hydrogens (tertiary/aromatic N) is 3. The van der Waals surface area contributed by atoms with Gasteiger partial charge >= 0.3 is 12.2 Å². The van der Waals surface area contributed by atoms with Gasteiger partial charge in [-0.15, -0.1) is 0 Å². The molecule has 1 saturated heterocycles. The van der Waals surface area contributed by atoms with E-state index in [0.29, 0.717) is 24.0 Å². The summed E-state index contributed by atoms with van der Waals surface area (Å²) in [6.07, 6.45) is 2.57. The predicted molar refractivity (Wildman–Crippen MR) is 193 cm³/mol. The molecule has 2 saturated carbocycles. The van der Waals surface area contributed by atoms with Gasteiger partial charge < -0.3 is 29.9 Å². The fourth-order valence-electron chi connectivity index (χ4n) is 7.24. The Morgan fingerprint density at radius 1 is 1.09 bits per heavy atom. The molecule has 6 rings (SSSR count). The van der Waals surface area contributed by atoms with Crippen LogP contribution in [0.4, 0.5) is 14.0 Å². The monoisotopic (exact) mass is 786 g/mol. The highest BCUT2D eigenvalue weighted by molar-refractivity contribution is 7.91. The average Bonchev–Trinajstić information content (AvgIpc) is 3.99. The maximum Gasteiger partial charge on any atom is 0.410 e. The largest absolute Gasteiger partial charge is 0.444 e. The van der Waals surface area contributed by atoms with Crippen LogP contribution >= 0.6 is 0 Å². The van der Waals surface area contributed by atoms with E-state index < -0.39 is 92.2 Å². The number of hydrogen-bond acceptors (Lipinski definition) is 10. The Bertz CT molecular complexity index is 1910. The summed E-state index contributed by atoms with van der Waals surface area (Å²) in [7, 11) is -4.01. The van der Waals surface area contributed by atoms with Crippen molar-refractivity contribution < 1.29 is 51.0 Å². The molecule has 3 fully saturated rings. The second-order valence-electron chi connectivity index (χ2n) is 15.7. The van der Waals surface area contributed by atoms with Gasteiger partial charge in [0.1, 0.15) is 35.1 Å². The van der Waals surface area contributed by atoms with Crippen molar-refractivity contribution in [1.82, 2.24) is 30.1 Å². The van der Waals surface area contributed by atoms with E-state index in [2.05, 4.69) is 21.9 Å². The summed E-state index contributed by atoms with van der Waals surface area (Å²) in [6.45, 7) is 8.52. The van der Waals surface area contributed by atoms with E-state index >= 15 is 0 Å². The Morgan fingerprint density at radius 2 is 1.84 bits per heavy atom. The predicted octanol–water partition coefficient (Wildman–Crippen LogP) is 1.99. The van der Waals surface area contributed by atoms with Gasteiger partial charge in [-0.05, 0) is 70.6 Å². The molecule has 18 heteroatoms. The molecule has 55 heavy (non-hydrogen) atoms. The zero-order valence-corrected chi connectivity index (χ0v) is 31.9. The zero-order chi connectivity index (χ0) is 39.9. The Labute approximate surface area is 318 Å². The minimum Gasteiger partial charge on any atom is -0.444 e. The number of rotatable bonds is 6. The number of fused-ring (bicyclic) bond motifs is 3. The fraction of sp³-hybridized carbons (Fsp3) is 0.568. The van der Waals surface area contributed by atoms with Crippen LogP contribution in [0.1, 0.15) is 70.4 Å². The van der Waals surface area contributed by atoms with E-state index in [9.17, 15) is 41.6 Å². The van der Waals surface area contributed by atoms with Crippen LogP contribution in [0.5, 0.6) is 0 Å². The van der Waals surface area contributed by atoms with Gasteiger partial charge in [-0.25, -0.2) is 22.4 Å². The average molecular weight is 787 g/mol. The number of carbonyl (C=O) groups excluding carboxylic acids is 6. The summed E-state index contributed by atoms with van der Waals surface area (Å²) in [6, 6.07) is 1.96. The number of halogens is 1. The molecule has 0 aromatic heterocycles. The molecule has 3 aliphatic heterocycles. The van der Waals surface area contributed by atoms with Crippen LogP contribution in [0.2, 0.25) is 0 Å². The van der Waals surface area contributed by atoms with E-state index in [1.807, 2.05) is 0 Å². The highest BCUT2D eigenvalue weighted by Crippen LogP contribution is 2.46. The topological polar surface area (TPSA) is 201 Å². The van der Waals surface area contributed by atoms with Gasteiger partial charge in [-0.1, -0.05) is 30.9 Å². The van der Waals surface area contributed by atoms with E-state index in [1.54, 1.807) is 45.1 Å². The second kappa shape index (κ2) is 15.3. The third-order valence-electron chi connectivity index (χ3n) is 10.4. The van der Waals surface area contributed by atoms with E-state index in [4.69, 9.17) is 9.47 Å². The van der Waals surface area contributed by atoms with Crippen LogP contribution in [-0.2, 0) is 51.8 Å². The summed E-state index contributed by atoms with van der Waals surface area (Å²) in [5.74, 6) is -3.97. The number of benzene rings is 1. The first-order valence-electron chi connectivity index (χ1n) is 18.4. The van der Waals surface area contributed by atoms with Crippen molar-refractivity contribution >= 4 is 45.8 Å². The first kappa shape index (κ1) is 39.7. The number of ether oxygens (including phenoxy) is 2. The molecule has 5 atom stereocenters. The lowest BCUT2D eigenvalue weighted by Crippen LogP contribution is -2.58. The van der Waals surface area contributed by atoms with Crippen molar-refractivity contribution in [2.75, 3.05) is 19.6 Å². The molecular formula is C37H47FN6O10S. The van der Waals surface area contributed by atoms with Crippen LogP contribution in [0.25, 0.3) is 0 Å². The Balaban J connectivity index is 1.29. The van der Waals surface area contributed by atoms with Crippen molar-refractivity contribution in [3.63, 3.8) is 0 Å². The molecule has 0 unspecified atom stereocenters. The highest BCUT2D eigenvalue weighted by atomic mass is 32.2. The molecule has 0 spiro atoms. The van der Waals surface area contributed by atoms with Gasteiger partial charge in [0.2, 0.25) is 27.7 Å². The van der Waals surface area contributed by atoms with Gasteiger partial charge in [0.05, 0.1) is 18.3 Å². The summed E-state index contributed by atoms with van der Waals surface area (Å²) in [5, 5.41) is 4.61. The Hall–Kier alpha value is -5.00. The third-order valence-corrected chi connectivity index (χ3v) is 12.2. The lowest BCUT2D eigenvalue weighted by atomic mass is 10.1. The quantitative estimate of drug-likeness (QED) is 0.283. The van der Waals surface area contributed by atoms with E-state index in [-0.39, 0.29) is 58.4 Å². The van der Waals surface area contributed by atoms with Crippen molar-refractivity contribution in [2.24, 2.45) is 5.92 Å². The van der Waals surface area contributed by atoms with Crippen LogP contribution in [0.3, 0.4) is 0 Å². The molecule has 3 N–H and O–H groups in total. The van der Waals surface area contributed by atoms with Crippen molar-refractivity contribution in [3.8, 4) is 0 Å². The lowest BCUT2D eigenvalue weighted by molar-refractivity contribution is -0.141. The van der Waals surface area contributed by atoms with Crippen molar-refractivity contribution in [2.45, 2.75) is 107 Å². The van der Waals surface area contributed by atoms with Crippen molar-refractivity contribution in [3.05, 3.63) is 60.0 Å². The molecule has 6 amide bonds. The summed E-state index contributed by atoms with van der Waals surface area (Å²) in [5.41, 5.74) is -1.64. The van der Waals surface area contributed by atoms with Crippen LogP contribution in [-0.4, -0.2) is 113 Å². The molecule has 1 aromatic carbocycles. The first-order valence-corrected chi connectivity index (χ1v) is 19.9. The molecule has 5 aliphatic rings. The standard InChI is InChI=1S/C37H47FN6O10S/c1-5-30(45)42-15-7-10-23-18-37(23,33(48)41-55(51,52)25-13-14-25)40-31(46)29-17-24(53-35(50)43-19-22-9-6-11-27(38)26(22)21-43)20-44(29)32(47)28(12-8-16-42)39-34(49)54-36(2,3)4/h5-7,9-11,23-25,28-29H,1,8,12-21H2,2-4H3,(H,39,49)(H,40,46)(H,41,48)/b10-7-/t23-,24+,28-,29-,37+/m0/s1. The maximum absolute atomic E-state index is 14.5. The molecule has 0 bridgehead atoms. The Kier molecular flexibility index (Phi) is 11.0. The zero-order valence-electron chi connectivity index (χ0n) is 31.0. The minimum absolute atomic E-state index is 0.0175. The molecule has 3 heterocycles. The summed E-state index contributed by atoms with van der Waals surface area (Å²) in [4.78, 5) is 85.6. The third kappa shape index (κ3) is 8.95. The molecular weight excluding hydrogens is 740 g/mol. The number of nitrogens with one attached hydrogen (secondary N) is 3. The van der Waals surface area contributed by atoms with Gasteiger partial charge in [0, 0.05) is 37.5 Å². The smallest absolute Gasteiger partial charge is 0.410 e. The highest BCUT2D eigenvalue weighted by Gasteiger charge is 2.62. The van der Waals surface area contributed by atoms with E-state index in [0.717, 1.165) is 6.08 Å². The minimum atomic E-state index is -4.01. The second-order valence-corrected chi connectivity index (χ2v) is 17.6. The number of amides is 6. The number of carbonyl (C=O) groups is 6. The summed E-state index contributed by atoms with van der Waals surface area (Å²) >= 11 is 0. The molecule has 298 valence electrons. The van der Waals surface area contributed by atoms with Gasteiger partial charge in [-0.3, -0.25) is 28.8 Å². The Morgan fingerprint density at radius 3 is 2.51 bits per heavy atom. The number of alkyl carbamates (subject to hydrolysis) is 1. The number of sulfonamides is 1. The maximum atomic E-state index is 14.5. The molecule has 0 radical (unpaired) electrons. The van der Waals surface area contributed by atoms with Crippen LogP contribution < -0.4 is 15.4 Å². The van der Waals surface area contributed by atoms with Crippen LogP contribution in [0, 0.1) is 11.7 Å². The van der Waals surface area contributed by atoms with E-state index in [1.165, 1.54) is 20.8 Å². The van der Waals surface area contributed by atoms with Crippen LogP contribution in [0.15, 0.2) is 43.0 Å². The number of hydrogen-bond donors (Lipinski definition) is 3. The first-order chi connectivity index (χ1) is 25.9. The van der Waals surface area contributed by atoms with Crippen molar-refractivity contribution in [1.29, 1.82) is 0 Å². The van der Waals surface area contributed by atoms with Gasteiger partial charge in [-0.2, -0.15) is 0 Å². The summed E-state index contributed by atoms with van der Waals surface area (Å²) < 4.78 is 53.5. The lowest BCUT2D eigenvalue weighted by Gasteiger charge is -2.30. The molecule has 16 nitrogen and oxygen atoms in total. The van der Waals surface area contributed by atoms with Gasteiger partial charge in [0.25, 0.3) is 5.91 Å². The molecule has 2 aliphatic carbocycles. The van der Waals surface area contributed by atoms with Gasteiger partial charge in [0.15, 0.2) is 0 Å². The molecule has 1 aromatic rings. The normalized spacial score (nSPS) is 27.6. The SMILES string of the molecule is C=CC(=O)N1C/C=C\[C@H]2C[C@@]2(C(=O)NS(=O)(=O)C2CC2)NC(=O)[C@@H]2C[C@@H](OC(=O)N3Cc4cccc(F)c4C3)CN2C(=O)[C@@H](NC(=O)OC(C)(C)C)CCC1. The fourth-order valence-corrected chi connectivity index (χ4v) is 8.60.